The molecule has 1 heterocycles. The summed E-state index contributed by atoms with van der Waals surface area (Å²) in [4.78, 5) is 48.2. The van der Waals surface area contributed by atoms with Gasteiger partial charge in [-0.25, -0.2) is 4.90 Å². The van der Waals surface area contributed by atoms with Gasteiger partial charge in [-0.1, -0.05) is 127 Å². The van der Waals surface area contributed by atoms with Crippen LogP contribution >= 0.6 is 0 Å². The number of carbonyl (C=O) groups excluding carboxylic acids is 3. The molecule has 6 heteroatoms. The van der Waals surface area contributed by atoms with E-state index in [4.69, 9.17) is 9.47 Å². The summed E-state index contributed by atoms with van der Waals surface area (Å²) in [5, 5.41) is 0. The average molecular weight is 694 g/mol. The Morgan fingerprint density at radius 3 is 1.19 bits per heavy atom. The first-order valence-electron chi connectivity index (χ1n) is 17.7. The van der Waals surface area contributed by atoms with E-state index >= 15 is 14.4 Å². The number of allylic oxidation sites excluding steroid dienone is 2. The predicted octanol–water partition coefficient (Wildman–Crippen LogP) is 8.56. The van der Waals surface area contributed by atoms with Gasteiger partial charge in [0.15, 0.2) is 5.78 Å². The third-order valence-electron chi connectivity index (χ3n) is 11.4. The molecule has 6 nitrogen and oxygen atoms in total. The molecule has 0 radical (unpaired) electrons. The molecule has 2 bridgehead atoms. The SMILES string of the molecule is COc1ccc(C2=C(c3ccc(OC)cc3)[C@@]3(c4ccccc4)C(=O)[C@@]2(c2ccccc2)[C@H]2C(=O)N(c4ccc(-c5ccccc5)cc4)C(=O)[C@@H]23)cc1. The van der Waals surface area contributed by atoms with Crippen molar-refractivity contribution >= 4 is 34.4 Å². The van der Waals surface area contributed by atoms with Crippen LogP contribution in [0.15, 0.2) is 164 Å². The summed E-state index contributed by atoms with van der Waals surface area (Å²) >= 11 is 0. The Morgan fingerprint density at radius 2 is 0.792 bits per heavy atom. The van der Waals surface area contributed by atoms with Gasteiger partial charge >= 0.3 is 0 Å². The second-order valence-corrected chi connectivity index (χ2v) is 13.8. The van der Waals surface area contributed by atoms with E-state index in [0.29, 0.717) is 39.5 Å². The van der Waals surface area contributed by atoms with E-state index in [1.165, 1.54) is 4.90 Å². The van der Waals surface area contributed by atoms with Crippen molar-refractivity contribution in [2.75, 3.05) is 19.1 Å². The highest BCUT2D eigenvalue weighted by molar-refractivity contribution is 6.39. The number of methoxy groups -OCH3 is 2. The predicted molar refractivity (Wildman–Crippen MR) is 205 cm³/mol. The van der Waals surface area contributed by atoms with Gasteiger partial charge in [0.05, 0.1) is 42.6 Å². The van der Waals surface area contributed by atoms with Crippen molar-refractivity contribution in [2.45, 2.75) is 10.8 Å². The van der Waals surface area contributed by atoms with Gasteiger partial charge in [-0.2, -0.15) is 0 Å². The number of hydrogen-bond acceptors (Lipinski definition) is 5. The lowest BCUT2D eigenvalue weighted by molar-refractivity contribution is -0.130. The molecule has 2 aliphatic carbocycles. The van der Waals surface area contributed by atoms with E-state index in [2.05, 4.69) is 0 Å². The Morgan fingerprint density at radius 1 is 0.434 bits per heavy atom. The molecular formula is C47H35NO5. The lowest BCUT2D eigenvalue weighted by Crippen LogP contribution is -2.45. The van der Waals surface area contributed by atoms with Gasteiger partial charge < -0.3 is 9.47 Å². The number of rotatable bonds is 8. The van der Waals surface area contributed by atoms with E-state index in [0.717, 1.165) is 22.3 Å². The van der Waals surface area contributed by atoms with Crippen LogP contribution in [0.4, 0.5) is 5.69 Å². The van der Waals surface area contributed by atoms with Crippen LogP contribution in [0.2, 0.25) is 0 Å². The van der Waals surface area contributed by atoms with E-state index < -0.39 is 22.7 Å². The molecule has 1 aliphatic heterocycles. The fourth-order valence-corrected chi connectivity index (χ4v) is 9.33. The monoisotopic (exact) mass is 693 g/mol. The standard InChI is InChI=1S/C47H35NO5/c1-52-37-26-20-32(21-27-37)39-40(33-22-28-38(53-2)29-23-33)47(35-16-10-5-11-17-35)42-41(46(39,45(47)51)34-14-8-4-9-15-34)43(49)48(44(42)50)36-24-18-31(19-25-36)30-12-6-3-7-13-30/h3-29,41-42H,1-2H3/t41-,42-,46-,47-/m1/s1. The van der Waals surface area contributed by atoms with Crippen LogP contribution in [0.3, 0.4) is 0 Å². The Labute approximate surface area is 307 Å². The maximum absolute atomic E-state index is 16.2. The fraction of sp³-hybridized carbons (Fsp3) is 0.128. The second-order valence-electron chi connectivity index (χ2n) is 13.8. The first-order chi connectivity index (χ1) is 26.0. The summed E-state index contributed by atoms with van der Waals surface area (Å²) in [5.74, 6) is -1.65. The molecule has 4 atom stereocenters. The topological polar surface area (TPSA) is 72.9 Å². The maximum Gasteiger partial charge on any atom is 0.239 e. The summed E-state index contributed by atoms with van der Waals surface area (Å²) in [6.07, 6.45) is 0. The first kappa shape index (κ1) is 32.4. The maximum atomic E-state index is 16.2. The van der Waals surface area contributed by atoms with Gasteiger partial charge in [0, 0.05) is 0 Å². The second kappa shape index (κ2) is 12.3. The fourth-order valence-electron chi connectivity index (χ4n) is 9.33. The lowest BCUT2D eigenvalue weighted by Gasteiger charge is -2.39. The van der Waals surface area contributed by atoms with Crippen molar-refractivity contribution < 1.29 is 23.9 Å². The summed E-state index contributed by atoms with van der Waals surface area (Å²) in [5.41, 5.74) is 3.80. The number of carbonyl (C=O) groups is 3. The van der Waals surface area contributed by atoms with Crippen molar-refractivity contribution in [2.24, 2.45) is 11.8 Å². The number of ketones is 1. The van der Waals surface area contributed by atoms with Crippen molar-refractivity contribution in [1.82, 2.24) is 0 Å². The van der Waals surface area contributed by atoms with Crippen molar-refractivity contribution in [3.05, 3.63) is 186 Å². The number of anilines is 1. The Bertz CT molecular complexity index is 2280. The van der Waals surface area contributed by atoms with Gasteiger partial charge in [0.1, 0.15) is 11.5 Å². The molecule has 2 amide bonds. The summed E-state index contributed by atoms with van der Waals surface area (Å²) in [7, 11) is 3.23. The van der Waals surface area contributed by atoms with Gasteiger partial charge in [-0.05, 0) is 80.9 Å². The molecule has 9 rings (SSSR count). The zero-order chi connectivity index (χ0) is 36.3. The normalized spacial score (nSPS) is 23.1. The third kappa shape index (κ3) is 4.42. The smallest absolute Gasteiger partial charge is 0.239 e. The number of Topliss-reactive ketones (excluding diaryl/α,β-unsaturated/α-hetero) is 1. The molecule has 0 spiro atoms. The van der Waals surface area contributed by atoms with Crippen molar-refractivity contribution in [1.29, 1.82) is 0 Å². The molecule has 0 N–H and O–H groups in total. The van der Waals surface area contributed by atoms with Gasteiger partial charge in [0.25, 0.3) is 0 Å². The zero-order valence-corrected chi connectivity index (χ0v) is 29.2. The number of ether oxygens (including phenoxy) is 2. The molecule has 53 heavy (non-hydrogen) atoms. The Hall–Kier alpha value is -6.53. The number of fused-ring (bicyclic) bond motifs is 5. The molecule has 258 valence electrons. The number of imide groups is 1. The van der Waals surface area contributed by atoms with Crippen LogP contribution in [0.25, 0.3) is 22.3 Å². The Kier molecular flexibility index (Phi) is 7.52. The molecule has 3 aliphatic rings. The minimum Gasteiger partial charge on any atom is -0.497 e. The number of benzene rings is 6. The molecular weight excluding hydrogens is 659 g/mol. The van der Waals surface area contributed by atoms with Crippen LogP contribution in [0.1, 0.15) is 22.3 Å². The van der Waals surface area contributed by atoms with Crippen LogP contribution < -0.4 is 14.4 Å². The quantitative estimate of drug-likeness (QED) is 0.150. The van der Waals surface area contributed by atoms with Crippen molar-refractivity contribution in [3.63, 3.8) is 0 Å². The molecule has 0 aromatic heterocycles. The van der Waals surface area contributed by atoms with E-state index in [1.807, 2.05) is 164 Å². The minimum atomic E-state index is -1.50. The van der Waals surface area contributed by atoms with Crippen LogP contribution in [0.5, 0.6) is 11.5 Å². The molecule has 0 unspecified atom stereocenters. The van der Waals surface area contributed by atoms with Gasteiger partial charge in [0.2, 0.25) is 11.8 Å². The highest BCUT2D eigenvalue weighted by atomic mass is 16.5. The molecule has 6 aromatic rings. The number of nitrogens with zero attached hydrogens (tertiary/aromatic N) is 1. The van der Waals surface area contributed by atoms with Crippen LogP contribution in [0, 0.1) is 11.8 Å². The molecule has 1 saturated carbocycles. The molecule has 1 saturated heterocycles. The van der Waals surface area contributed by atoms with E-state index in [9.17, 15) is 0 Å². The largest absolute Gasteiger partial charge is 0.497 e. The zero-order valence-electron chi connectivity index (χ0n) is 29.2. The van der Waals surface area contributed by atoms with Crippen LogP contribution in [-0.2, 0) is 25.2 Å². The van der Waals surface area contributed by atoms with Crippen molar-refractivity contribution in [3.8, 4) is 22.6 Å². The molecule has 6 aromatic carbocycles. The highest BCUT2D eigenvalue weighted by Crippen LogP contribution is 2.74. The van der Waals surface area contributed by atoms with Gasteiger partial charge in [-0.15, -0.1) is 0 Å². The van der Waals surface area contributed by atoms with E-state index in [-0.39, 0.29) is 17.6 Å². The summed E-state index contributed by atoms with van der Waals surface area (Å²) < 4.78 is 11.1. The minimum absolute atomic E-state index is 0.171. The van der Waals surface area contributed by atoms with E-state index in [1.54, 1.807) is 14.2 Å². The summed E-state index contributed by atoms with van der Waals surface area (Å²) in [6.45, 7) is 0. The average Bonchev–Trinajstić information content (AvgIpc) is 3.74. The first-order valence-corrected chi connectivity index (χ1v) is 17.7. The third-order valence-corrected chi connectivity index (χ3v) is 11.4. The Balaban J connectivity index is 1.36. The highest BCUT2D eigenvalue weighted by Gasteiger charge is 2.82. The number of hydrogen-bond donors (Lipinski definition) is 0. The lowest BCUT2D eigenvalue weighted by atomic mass is 9.59. The van der Waals surface area contributed by atoms with Gasteiger partial charge in [-0.3, -0.25) is 14.4 Å². The van der Waals surface area contributed by atoms with Crippen LogP contribution in [-0.4, -0.2) is 31.8 Å². The number of amides is 2. The summed E-state index contributed by atoms with van der Waals surface area (Å²) in [6, 6.07) is 51.9. The molecule has 2 fully saturated rings.